The first-order valence-electron chi connectivity index (χ1n) is 6.85. The molecule has 2 rings (SSSR count). The van der Waals surface area contributed by atoms with E-state index < -0.39 is 17.2 Å². The van der Waals surface area contributed by atoms with Gasteiger partial charge in [0.25, 0.3) is 0 Å². The van der Waals surface area contributed by atoms with Crippen molar-refractivity contribution in [2.45, 2.75) is 56.7 Å². The molecule has 0 radical (unpaired) electrons. The van der Waals surface area contributed by atoms with Gasteiger partial charge < -0.3 is 10.0 Å². The number of hydrogen-bond donors (Lipinski definition) is 1. The summed E-state index contributed by atoms with van der Waals surface area (Å²) in [7, 11) is 0. The predicted molar refractivity (Wildman–Crippen MR) is 71.9 cm³/mol. The van der Waals surface area contributed by atoms with Gasteiger partial charge in [-0.15, -0.1) is 12.3 Å². The zero-order chi connectivity index (χ0) is 14.8. The van der Waals surface area contributed by atoms with E-state index in [2.05, 4.69) is 16.1 Å². The van der Waals surface area contributed by atoms with Crippen LogP contribution in [0.5, 0.6) is 0 Å². The molecule has 2 aliphatic rings. The minimum atomic E-state index is -1.07. The summed E-state index contributed by atoms with van der Waals surface area (Å²) < 4.78 is 0. The molecular weight excluding hydrogens is 258 g/mol. The maximum absolute atomic E-state index is 12.3. The lowest BCUT2D eigenvalue weighted by Crippen LogP contribution is -2.50. The van der Waals surface area contributed by atoms with E-state index in [1.54, 1.807) is 6.92 Å². The molecule has 0 aromatic heterocycles. The fourth-order valence-electron chi connectivity index (χ4n) is 2.70. The Labute approximate surface area is 118 Å². The Balaban J connectivity index is 1.89. The van der Waals surface area contributed by atoms with Gasteiger partial charge >= 0.3 is 5.97 Å². The second kappa shape index (κ2) is 5.23. The molecule has 0 aromatic carbocycles. The standard InChI is InChI=1S/C14H19N3O3/c1-3-4-8-14(15-16-14)9-6-11(18)17-10-5-7-13(17,2)12(19)20/h1H,4-10H2,2H3,(H,19,20)/t13-/m1/s1. The summed E-state index contributed by atoms with van der Waals surface area (Å²) in [6, 6.07) is 0. The monoisotopic (exact) mass is 277 g/mol. The smallest absolute Gasteiger partial charge is 0.329 e. The molecule has 6 heteroatoms. The van der Waals surface area contributed by atoms with Crippen molar-refractivity contribution < 1.29 is 14.7 Å². The molecule has 0 aromatic rings. The molecule has 1 amide bonds. The Morgan fingerprint density at radius 2 is 2.10 bits per heavy atom. The number of aliphatic carboxylic acids is 1. The predicted octanol–water partition coefficient (Wildman–Crippen LogP) is 1.81. The third-order valence-corrected chi connectivity index (χ3v) is 4.19. The lowest BCUT2D eigenvalue weighted by Gasteiger charge is -2.31. The number of carbonyl (C=O) groups excluding carboxylic acids is 1. The molecule has 2 aliphatic heterocycles. The number of nitrogens with zero attached hydrogens (tertiary/aromatic N) is 3. The summed E-state index contributed by atoms with van der Waals surface area (Å²) in [5.74, 6) is 1.47. The average Bonchev–Trinajstić information content (AvgIpc) is 3.08. The van der Waals surface area contributed by atoms with E-state index in [0.29, 0.717) is 32.2 Å². The molecular formula is C14H19N3O3. The van der Waals surface area contributed by atoms with Gasteiger partial charge in [0.1, 0.15) is 5.54 Å². The molecule has 1 atom stereocenters. The van der Waals surface area contributed by atoms with Crippen molar-refractivity contribution in [2.75, 3.05) is 6.54 Å². The molecule has 1 saturated heterocycles. The number of carboxylic acids is 1. The summed E-state index contributed by atoms with van der Waals surface area (Å²) in [5.41, 5.74) is -1.55. The van der Waals surface area contributed by atoms with Crippen LogP contribution < -0.4 is 0 Å². The number of likely N-dealkylation sites (tertiary alicyclic amines) is 1. The quantitative estimate of drug-likeness (QED) is 0.752. The number of carbonyl (C=O) groups is 2. The average molecular weight is 277 g/mol. The molecule has 1 fully saturated rings. The molecule has 0 saturated carbocycles. The third-order valence-electron chi connectivity index (χ3n) is 4.19. The van der Waals surface area contributed by atoms with Crippen LogP contribution >= 0.6 is 0 Å². The van der Waals surface area contributed by atoms with Crippen LogP contribution in [-0.4, -0.2) is 39.6 Å². The van der Waals surface area contributed by atoms with Crippen LogP contribution in [0.15, 0.2) is 10.2 Å². The van der Waals surface area contributed by atoms with Crippen molar-refractivity contribution in [2.24, 2.45) is 10.2 Å². The molecule has 0 bridgehead atoms. The van der Waals surface area contributed by atoms with Crippen LogP contribution in [0.2, 0.25) is 0 Å². The Morgan fingerprint density at radius 3 is 2.65 bits per heavy atom. The van der Waals surface area contributed by atoms with Gasteiger partial charge in [0.15, 0.2) is 5.66 Å². The van der Waals surface area contributed by atoms with Gasteiger partial charge in [0.2, 0.25) is 5.91 Å². The molecule has 20 heavy (non-hydrogen) atoms. The summed E-state index contributed by atoms with van der Waals surface area (Å²) in [4.78, 5) is 25.1. The van der Waals surface area contributed by atoms with Crippen molar-refractivity contribution >= 4 is 11.9 Å². The molecule has 6 nitrogen and oxygen atoms in total. The normalized spacial score (nSPS) is 26.3. The van der Waals surface area contributed by atoms with Crippen LogP contribution in [0.3, 0.4) is 0 Å². The summed E-state index contributed by atoms with van der Waals surface area (Å²) >= 11 is 0. The van der Waals surface area contributed by atoms with E-state index in [1.807, 2.05) is 0 Å². The first-order valence-corrected chi connectivity index (χ1v) is 6.85. The van der Waals surface area contributed by atoms with Gasteiger partial charge in [-0.3, -0.25) is 4.79 Å². The summed E-state index contributed by atoms with van der Waals surface area (Å²) in [6.45, 7) is 2.12. The van der Waals surface area contributed by atoms with E-state index in [1.165, 1.54) is 4.90 Å². The van der Waals surface area contributed by atoms with Gasteiger partial charge in [-0.25, -0.2) is 4.79 Å². The molecule has 0 spiro atoms. The zero-order valence-electron chi connectivity index (χ0n) is 11.6. The fourth-order valence-corrected chi connectivity index (χ4v) is 2.70. The molecule has 0 aliphatic carbocycles. The summed E-state index contributed by atoms with van der Waals surface area (Å²) in [6.07, 6.45) is 8.47. The zero-order valence-corrected chi connectivity index (χ0v) is 11.6. The van der Waals surface area contributed by atoms with Crippen LogP contribution in [0.1, 0.15) is 45.4 Å². The Morgan fingerprint density at radius 1 is 1.40 bits per heavy atom. The van der Waals surface area contributed by atoms with Gasteiger partial charge in [0, 0.05) is 32.2 Å². The number of carboxylic acid groups (broad SMARTS) is 1. The summed E-state index contributed by atoms with van der Waals surface area (Å²) in [5, 5.41) is 17.3. The first kappa shape index (κ1) is 14.5. The molecule has 1 N–H and O–H groups in total. The third kappa shape index (κ3) is 2.67. The topological polar surface area (TPSA) is 82.3 Å². The Hall–Kier alpha value is -1.90. The Bertz CT molecular complexity index is 488. The van der Waals surface area contributed by atoms with E-state index in [9.17, 15) is 14.7 Å². The van der Waals surface area contributed by atoms with Gasteiger partial charge in [-0.05, 0) is 19.8 Å². The Kier molecular flexibility index (Phi) is 3.80. The number of hydrogen-bond acceptors (Lipinski definition) is 4. The van der Waals surface area contributed by atoms with Crippen LogP contribution in [-0.2, 0) is 9.59 Å². The van der Waals surface area contributed by atoms with Crippen molar-refractivity contribution in [3.63, 3.8) is 0 Å². The minimum Gasteiger partial charge on any atom is -0.480 e. The largest absolute Gasteiger partial charge is 0.480 e. The fraction of sp³-hybridized carbons (Fsp3) is 0.714. The van der Waals surface area contributed by atoms with Gasteiger partial charge in [-0.1, -0.05) is 0 Å². The second-order valence-electron chi connectivity index (χ2n) is 5.61. The highest BCUT2D eigenvalue weighted by molar-refractivity contribution is 5.87. The maximum atomic E-state index is 12.3. The van der Waals surface area contributed by atoms with E-state index in [4.69, 9.17) is 6.42 Å². The highest BCUT2D eigenvalue weighted by atomic mass is 16.4. The molecule has 2 heterocycles. The maximum Gasteiger partial charge on any atom is 0.329 e. The molecule has 0 unspecified atom stereocenters. The van der Waals surface area contributed by atoms with Crippen molar-refractivity contribution in [1.29, 1.82) is 0 Å². The number of rotatable bonds is 6. The van der Waals surface area contributed by atoms with Crippen LogP contribution in [0, 0.1) is 12.3 Å². The lowest BCUT2D eigenvalue weighted by molar-refractivity contribution is -0.155. The van der Waals surface area contributed by atoms with Gasteiger partial charge in [0.05, 0.1) is 0 Å². The SMILES string of the molecule is C#CCCC1(CCC(=O)N2CCC[C@]2(C)C(=O)O)N=N1. The van der Waals surface area contributed by atoms with E-state index in [-0.39, 0.29) is 12.3 Å². The minimum absolute atomic E-state index is 0.134. The second-order valence-corrected chi connectivity index (χ2v) is 5.61. The van der Waals surface area contributed by atoms with Gasteiger partial charge in [-0.2, -0.15) is 10.2 Å². The van der Waals surface area contributed by atoms with Crippen molar-refractivity contribution in [1.82, 2.24) is 4.90 Å². The number of terminal acetylenes is 1. The van der Waals surface area contributed by atoms with Crippen molar-refractivity contribution in [3.05, 3.63) is 0 Å². The number of amides is 1. The first-order chi connectivity index (χ1) is 9.43. The molecule has 108 valence electrons. The van der Waals surface area contributed by atoms with Crippen LogP contribution in [0.25, 0.3) is 0 Å². The van der Waals surface area contributed by atoms with Crippen LogP contribution in [0.4, 0.5) is 0 Å². The van der Waals surface area contributed by atoms with E-state index >= 15 is 0 Å². The highest BCUT2D eigenvalue weighted by Gasteiger charge is 2.47. The van der Waals surface area contributed by atoms with E-state index in [0.717, 1.165) is 6.42 Å². The lowest BCUT2D eigenvalue weighted by atomic mass is 9.97. The van der Waals surface area contributed by atoms with Crippen molar-refractivity contribution in [3.8, 4) is 12.3 Å². The highest BCUT2D eigenvalue weighted by Crippen LogP contribution is 2.38.